The maximum absolute atomic E-state index is 12.5. The summed E-state index contributed by atoms with van der Waals surface area (Å²) >= 11 is 0. The fraction of sp³-hybridized carbons (Fsp3) is 0.867. The number of nitrogens with two attached hydrogens (primary N) is 1. The van der Waals surface area contributed by atoms with E-state index >= 15 is 0 Å². The van der Waals surface area contributed by atoms with Crippen molar-refractivity contribution in [1.29, 1.82) is 0 Å². The molecule has 3 fully saturated rings. The predicted molar refractivity (Wildman–Crippen MR) is 75.7 cm³/mol. The molecule has 1 saturated heterocycles. The average Bonchev–Trinajstić information content (AvgIpc) is 2.96. The van der Waals surface area contributed by atoms with Gasteiger partial charge in [-0.25, -0.2) is 0 Å². The van der Waals surface area contributed by atoms with E-state index in [2.05, 4.69) is 5.32 Å². The lowest BCUT2D eigenvalue weighted by Gasteiger charge is -2.32. The van der Waals surface area contributed by atoms with Crippen LogP contribution in [0.3, 0.4) is 0 Å². The van der Waals surface area contributed by atoms with Crippen LogP contribution in [0.2, 0.25) is 0 Å². The van der Waals surface area contributed by atoms with Gasteiger partial charge in [-0.15, -0.1) is 0 Å². The van der Waals surface area contributed by atoms with Crippen molar-refractivity contribution in [3.63, 3.8) is 0 Å². The van der Waals surface area contributed by atoms with Gasteiger partial charge >= 0.3 is 0 Å². The molecule has 3 atom stereocenters. The van der Waals surface area contributed by atoms with Gasteiger partial charge in [0.2, 0.25) is 11.8 Å². The Kier molecular flexibility index (Phi) is 3.96. The number of likely N-dealkylation sites (tertiary alicyclic amines) is 1. The molecule has 2 amide bonds. The highest BCUT2D eigenvalue weighted by Crippen LogP contribution is 2.58. The van der Waals surface area contributed by atoms with Gasteiger partial charge in [-0.1, -0.05) is 6.42 Å². The zero-order valence-electron chi connectivity index (χ0n) is 12.0. The van der Waals surface area contributed by atoms with Gasteiger partial charge in [-0.2, -0.15) is 0 Å². The molecular formula is C15H25N3O2. The molecular weight excluding hydrogens is 254 g/mol. The van der Waals surface area contributed by atoms with Gasteiger partial charge in [0, 0.05) is 32.1 Å². The lowest BCUT2D eigenvalue weighted by atomic mass is 9.96. The van der Waals surface area contributed by atoms with Crippen LogP contribution in [0.15, 0.2) is 0 Å². The maximum Gasteiger partial charge on any atom is 0.226 e. The van der Waals surface area contributed by atoms with E-state index in [1.54, 1.807) is 0 Å². The first-order valence-electron chi connectivity index (χ1n) is 7.99. The van der Waals surface area contributed by atoms with Crippen molar-refractivity contribution in [2.75, 3.05) is 26.2 Å². The molecule has 0 aromatic heterocycles. The van der Waals surface area contributed by atoms with Crippen LogP contribution in [0, 0.1) is 23.7 Å². The van der Waals surface area contributed by atoms with Gasteiger partial charge in [-0.3, -0.25) is 9.59 Å². The van der Waals surface area contributed by atoms with Crippen molar-refractivity contribution >= 4 is 11.8 Å². The van der Waals surface area contributed by atoms with E-state index in [4.69, 9.17) is 5.73 Å². The predicted octanol–water partition coefficient (Wildman–Crippen LogP) is 0.346. The van der Waals surface area contributed by atoms with E-state index in [0.717, 1.165) is 19.4 Å². The summed E-state index contributed by atoms with van der Waals surface area (Å²) in [7, 11) is 0. The van der Waals surface area contributed by atoms with E-state index in [1.165, 1.54) is 19.3 Å². The zero-order chi connectivity index (χ0) is 14.1. The normalized spacial score (nSPS) is 35.5. The van der Waals surface area contributed by atoms with Crippen LogP contribution in [0.4, 0.5) is 0 Å². The van der Waals surface area contributed by atoms with Gasteiger partial charge in [0.1, 0.15) is 0 Å². The molecule has 0 spiro atoms. The number of hydrogen-bond donors (Lipinski definition) is 2. The summed E-state index contributed by atoms with van der Waals surface area (Å²) in [6.45, 7) is 2.42. The SMILES string of the molecule is NCCNC(=O)C1CCCN(C(=O)C2C3CCCC32)C1. The Morgan fingerprint density at radius 3 is 2.60 bits per heavy atom. The van der Waals surface area contributed by atoms with Crippen LogP contribution in [-0.2, 0) is 9.59 Å². The minimum absolute atomic E-state index is 0.0437. The molecule has 112 valence electrons. The largest absolute Gasteiger partial charge is 0.355 e. The lowest BCUT2D eigenvalue weighted by Crippen LogP contribution is -2.46. The number of amides is 2. The summed E-state index contributed by atoms with van der Waals surface area (Å²) in [5.74, 6) is 1.94. The molecule has 0 aromatic carbocycles. The number of nitrogens with zero attached hydrogens (tertiary/aromatic N) is 1. The molecule has 1 aliphatic heterocycles. The van der Waals surface area contributed by atoms with Crippen molar-refractivity contribution in [3.05, 3.63) is 0 Å². The molecule has 3 aliphatic rings. The number of carbonyl (C=O) groups is 2. The molecule has 3 N–H and O–H groups in total. The molecule has 2 aliphatic carbocycles. The van der Waals surface area contributed by atoms with Crippen LogP contribution in [0.1, 0.15) is 32.1 Å². The number of carbonyl (C=O) groups excluding carboxylic acids is 2. The van der Waals surface area contributed by atoms with Crippen molar-refractivity contribution in [1.82, 2.24) is 10.2 Å². The van der Waals surface area contributed by atoms with Gasteiger partial charge in [0.05, 0.1) is 5.92 Å². The molecule has 2 saturated carbocycles. The van der Waals surface area contributed by atoms with Gasteiger partial charge in [0.25, 0.3) is 0 Å². The first-order valence-corrected chi connectivity index (χ1v) is 7.99. The third kappa shape index (κ3) is 2.55. The minimum atomic E-state index is -0.0437. The van der Waals surface area contributed by atoms with Crippen LogP contribution in [0.25, 0.3) is 0 Å². The fourth-order valence-electron chi connectivity index (χ4n) is 4.13. The van der Waals surface area contributed by atoms with Crippen LogP contribution >= 0.6 is 0 Å². The second-order valence-electron chi connectivity index (χ2n) is 6.49. The molecule has 0 aromatic rings. The first-order chi connectivity index (χ1) is 9.72. The van der Waals surface area contributed by atoms with Gasteiger partial charge < -0.3 is 16.0 Å². The number of fused-ring (bicyclic) bond motifs is 1. The van der Waals surface area contributed by atoms with Gasteiger partial charge in [0.15, 0.2) is 0 Å². The Bertz CT molecular complexity index is 389. The van der Waals surface area contributed by atoms with Crippen molar-refractivity contribution in [3.8, 4) is 0 Å². The highest BCUT2D eigenvalue weighted by Gasteiger charge is 2.57. The number of hydrogen-bond acceptors (Lipinski definition) is 3. The summed E-state index contributed by atoms with van der Waals surface area (Å²) in [5.41, 5.74) is 5.40. The van der Waals surface area contributed by atoms with E-state index in [-0.39, 0.29) is 17.7 Å². The summed E-state index contributed by atoms with van der Waals surface area (Å²) in [6.07, 6.45) is 5.58. The summed E-state index contributed by atoms with van der Waals surface area (Å²) in [5, 5.41) is 2.84. The molecule has 1 heterocycles. The summed E-state index contributed by atoms with van der Waals surface area (Å²) < 4.78 is 0. The summed E-state index contributed by atoms with van der Waals surface area (Å²) in [6, 6.07) is 0. The standard InChI is InChI=1S/C15H25N3O2/c16-6-7-17-14(19)10-3-2-8-18(9-10)15(20)13-11-4-1-5-12(11)13/h10-13H,1-9,16H2,(H,17,19). The lowest BCUT2D eigenvalue weighted by molar-refractivity contribution is -0.137. The Morgan fingerprint density at radius 1 is 1.15 bits per heavy atom. The molecule has 0 bridgehead atoms. The topological polar surface area (TPSA) is 75.4 Å². The molecule has 5 heteroatoms. The van der Waals surface area contributed by atoms with Gasteiger partial charge in [-0.05, 0) is 37.5 Å². The second kappa shape index (κ2) is 5.72. The Labute approximate surface area is 120 Å². The fourth-order valence-corrected chi connectivity index (χ4v) is 4.13. The first kappa shape index (κ1) is 13.9. The second-order valence-corrected chi connectivity index (χ2v) is 6.49. The Hall–Kier alpha value is -1.10. The number of nitrogens with one attached hydrogen (secondary N) is 1. The highest BCUT2D eigenvalue weighted by molar-refractivity contribution is 5.84. The van der Waals surface area contributed by atoms with E-state index in [9.17, 15) is 9.59 Å². The molecule has 5 nitrogen and oxygen atoms in total. The number of rotatable bonds is 4. The van der Waals surface area contributed by atoms with Crippen LogP contribution < -0.4 is 11.1 Å². The van der Waals surface area contributed by atoms with Crippen LogP contribution in [-0.4, -0.2) is 42.9 Å². The smallest absolute Gasteiger partial charge is 0.226 e. The van der Waals surface area contributed by atoms with Crippen molar-refractivity contribution < 1.29 is 9.59 Å². The third-order valence-corrected chi connectivity index (χ3v) is 5.24. The van der Waals surface area contributed by atoms with Crippen molar-refractivity contribution in [2.45, 2.75) is 32.1 Å². The zero-order valence-corrected chi connectivity index (χ0v) is 12.0. The van der Waals surface area contributed by atoms with E-state index in [0.29, 0.717) is 37.4 Å². The highest BCUT2D eigenvalue weighted by atomic mass is 16.2. The molecule has 3 unspecified atom stereocenters. The Balaban J connectivity index is 1.53. The Morgan fingerprint density at radius 2 is 1.90 bits per heavy atom. The molecule has 0 radical (unpaired) electrons. The quantitative estimate of drug-likeness (QED) is 0.779. The summed E-state index contributed by atoms with van der Waals surface area (Å²) in [4.78, 5) is 26.5. The van der Waals surface area contributed by atoms with E-state index < -0.39 is 0 Å². The third-order valence-electron chi connectivity index (χ3n) is 5.24. The number of piperidine rings is 1. The minimum Gasteiger partial charge on any atom is -0.355 e. The van der Waals surface area contributed by atoms with Crippen molar-refractivity contribution in [2.24, 2.45) is 29.4 Å². The molecule has 3 rings (SSSR count). The van der Waals surface area contributed by atoms with Crippen LogP contribution in [0.5, 0.6) is 0 Å². The molecule has 20 heavy (non-hydrogen) atoms. The average molecular weight is 279 g/mol. The monoisotopic (exact) mass is 279 g/mol. The van der Waals surface area contributed by atoms with E-state index in [1.807, 2.05) is 4.90 Å². The maximum atomic E-state index is 12.5.